The van der Waals surface area contributed by atoms with Crippen LogP contribution in [0.1, 0.15) is 37.7 Å². The number of imidazole rings is 1. The highest BCUT2D eigenvalue weighted by Gasteiger charge is 2.37. The molecule has 31 heavy (non-hydrogen) atoms. The first-order valence-electron chi connectivity index (χ1n) is 11.1. The predicted octanol–water partition coefficient (Wildman–Crippen LogP) is 5.22. The van der Waals surface area contributed by atoms with Crippen molar-refractivity contribution in [1.82, 2.24) is 9.55 Å². The number of nitrogens with zero attached hydrogens (tertiary/aromatic N) is 2. The van der Waals surface area contributed by atoms with Crippen LogP contribution in [0.5, 0.6) is 0 Å². The standard InChI is InChI=1S/C24H25ClF3N3/c25-19-9-6-16(7-10-19)23-29-20-14-18(24(26,27)28)8-11-22(20)31(23)15-17-4-3-13-30-12-2-1-5-21(17)30/h6-11,14,17,21H,1-5,12-13,15H2/p+1. The highest BCUT2D eigenvalue weighted by molar-refractivity contribution is 6.30. The van der Waals surface area contributed by atoms with Gasteiger partial charge in [-0.05, 0) is 74.6 Å². The molecule has 0 bridgehead atoms. The molecule has 3 atom stereocenters. The molecule has 3 aromatic rings. The molecule has 0 saturated carbocycles. The highest BCUT2D eigenvalue weighted by Crippen LogP contribution is 2.34. The molecule has 3 heterocycles. The Morgan fingerprint density at radius 3 is 2.55 bits per heavy atom. The fourth-order valence-electron chi connectivity index (χ4n) is 5.54. The molecule has 3 nitrogen and oxygen atoms in total. The summed E-state index contributed by atoms with van der Waals surface area (Å²) < 4.78 is 42.0. The molecule has 2 aliphatic heterocycles. The van der Waals surface area contributed by atoms with Gasteiger partial charge in [0.05, 0.1) is 35.7 Å². The van der Waals surface area contributed by atoms with Gasteiger partial charge >= 0.3 is 6.18 Å². The first-order chi connectivity index (χ1) is 14.9. The number of aromatic nitrogens is 2. The van der Waals surface area contributed by atoms with E-state index in [1.54, 1.807) is 23.1 Å². The zero-order chi connectivity index (χ0) is 21.6. The van der Waals surface area contributed by atoms with Gasteiger partial charge < -0.3 is 9.47 Å². The number of halogens is 4. The topological polar surface area (TPSA) is 22.3 Å². The van der Waals surface area contributed by atoms with E-state index in [1.807, 2.05) is 12.1 Å². The molecule has 0 aliphatic carbocycles. The maximum absolute atomic E-state index is 13.3. The minimum absolute atomic E-state index is 0.392. The molecule has 0 amide bonds. The van der Waals surface area contributed by atoms with E-state index in [0.717, 1.165) is 24.0 Å². The average molecular weight is 449 g/mol. The van der Waals surface area contributed by atoms with Gasteiger partial charge in [0.15, 0.2) is 0 Å². The number of rotatable bonds is 3. The lowest BCUT2D eigenvalue weighted by atomic mass is 9.83. The van der Waals surface area contributed by atoms with Crippen molar-refractivity contribution in [2.24, 2.45) is 5.92 Å². The van der Waals surface area contributed by atoms with Gasteiger partial charge in [-0.1, -0.05) is 11.6 Å². The molecule has 164 valence electrons. The quantitative estimate of drug-likeness (QED) is 0.583. The van der Waals surface area contributed by atoms with E-state index in [4.69, 9.17) is 11.6 Å². The predicted molar refractivity (Wildman–Crippen MR) is 116 cm³/mol. The number of quaternary nitrogens is 1. The van der Waals surface area contributed by atoms with E-state index < -0.39 is 11.7 Å². The van der Waals surface area contributed by atoms with Crippen molar-refractivity contribution >= 4 is 22.6 Å². The highest BCUT2D eigenvalue weighted by atomic mass is 35.5. The Morgan fingerprint density at radius 1 is 1.00 bits per heavy atom. The smallest absolute Gasteiger partial charge is 0.332 e. The van der Waals surface area contributed by atoms with Gasteiger partial charge in [0.2, 0.25) is 0 Å². The Balaban J connectivity index is 1.59. The first-order valence-corrected chi connectivity index (χ1v) is 11.5. The number of hydrogen-bond acceptors (Lipinski definition) is 1. The summed E-state index contributed by atoms with van der Waals surface area (Å²) in [5.41, 5.74) is 1.37. The molecule has 1 N–H and O–H groups in total. The molecule has 1 aromatic heterocycles. The van der Waals surface area contributed by atoms with Gasteiger partial charge in [-0.2, -0.15) is 13.2 Å². The van der Waals surface area contributed by atoms with Crippen LogP contribution in [0.25, 0.3) is 22.4 Å². The Labute approximate surface area is 184 Å². The Morgan fingerprint density at radius 2 is 1.77 bits per heavy atom. The minimum atomic E-state index is -4.38. The van der Waals surface area contributed by atoms with Crippen LogP contribution in [0, 0.1) is 5.92 Å². The molecular weight excluding hydrogens is 423 g/mol. The zero-order valence-electron chi connectivity index (χ0n) is 17.3. The lowest BCUT2D eigenvalue weighted by molar-refractivity contribution is -0.940. The molecule has 2 saturated heterocycles. The number of alkyl halides is 3. The van der Waals surface area contributed by atoms with Gasteiger partial charge in [-0.15, -0.1) is 0 Å². The van der Waals surface area contributed by atoms with Crippen LogP contribution in [-0.4, -0.2) is 28.7 Å². The van der Waals surface area contributed by atoms with Crippen molar-refractivity contribution in [3.05, 3.63) is 53.1 Å². The van der Waals surface area contributed by atoms with Crippen LogP contribution < -0.4 is 4.90 Å². The summed E-state index contributed by atoms with van der Waals surface area (Å²) in [7, 11) is 0. The largest absolute Gasteiger partial charge is 0.416 e. The summed E-state index contributed by atoms with van der Waals surface area (Å²) in [6.07, 6.45) is 1.79. The van der Waals surface area contributed by atoms with Crippen LogP contribution in [0.15, 0.2) is 42.5 Å². The molecule has 0 radical (unpaired) electrons. The van der Waals surface area contributed by atoms with E-state index in [0.29, 0.717) is 28.3 Å². The number of piperidine rings is 2. The lowest BCUT2D eigenvalue weighted by Crippen LogP contribution is -3.18. The fraction of sp³-hybridized carbons (Fsp3) is 0.458. The molecule has 5 rings (SSSR count). The average Bonchev–Trinajstić information content (AvgIpc) is 3.11. The summed E-state index contributed by atoms with van der Waals surface area (Å²) in [5.74, 6) is 1.23. The molecule has 2 aliphatic rings. The van der Waals surface area contributed by atoms with E-state index in [9.17, 15) is 13.2 Å². The van der Waals surface area contributed by atoms with Crippen LogP contribution >= 0.6 is 11.6 Å². The third-order valence-corrected chi connectivity index (χ3v) is 7.28. The summed E-state index contributed by atoms with van der Waals surface area (Å²) in [6.45, 7) is 3.27. The van der Waals surface area contributed by atoms with E-state index in [2.05, 4.69) is 9.55 Å². The first kappa shape index (κ1) is 20.8. The summed E-state index contributed by atoms with van der Waals surface area (Å²) in [4.78, 5) is 6.38. The van der Waals surface area contributed by atoms with E-state index in [-0.39, 0.29) is 0 Å². The van der Waals surface area contributed by atoms with Gasteiger partial charge in [-0.3, -0.25) is 0 Å². The van der Waals surface area contributed by atoms with Crippen molar-refractivity contribution in [3.63, 3.8) is 0 Å². The molecule has 3 unspecified atom stereocenters. The number of hydrogen-bond donors (Lipinski definition) is 1. The normalized spacial score (nSPS) is 24.3. The third kappa shape index (κ3) is 4.08. The van der Waals surface area contributed by atoms with Crippen molar-refractivity contribution in [2.75, 3.05) is 13.1 Å². The van der Waals surface area contributed by atoms with E-state index in [1.165, 1.54) is 50.9 Å². The van der Waals surface area contributed by atoms with Crippen LogP contribution in [0.3, 0.4) is 0 Å². The van der Waals surface area contributed by atoms with Crippen molar-refractivity contribution in [2.45, 2.75) is 50.9 Å². The molecule has 2 fully saturated rings. The van der Waals surface area contributed by atoms with Crippen molar-refractivity contribution < 1.29 is 18.1 Å². The fourth-order valence-corrected chi connectivity index (χ4v) is 5.67. The minimum Gasteiger partial charge on any atom is -0.332 e. The molecule has 7 heteroatoms. The van der Waals surface area contributed by atoms with Crippen LogP contribution in [0.4, 0.5) is 13.2 Å². The van der Waals surface area contributed by atoms with Gasteiger partial charge in [-0.25, -0.2) is 4.98 Å². The molecular formula is C24H26ClF3N3+. The number of nitrogens with one attached hydrogen (secondary N) is 1. The van der Waals surface area contributed by atoms with Crippen LogP contribution in [0.2, 0.25) is 5.02 Å². The summed E-state index contributed by atoms with van der Waals surface area (Å²) in [6, 6.07) is 11.9. The number of fused-ring (bicyclic) bond motifs is 2. The monoisotopic (exact) mass is 448 g/mol. The van der Waals surface area contributed by atoms with Crippen LogP contribution in [-0.2, 0) is 12.7 Å². The molecule has 2 aromatic carbocycles. The van der Waals surface area contributed by atoms with Gasteiger partial charge in [0.25, 0.3) is 0 Å². The second kappa shape index (κ2) is 8.14. The maximum atomic E-state index is 13.3. The third-order valence-electron chi connectivity index (χ3n) is 7.02. The van der Waals surface area contributed by atoms with E-state index >= 15 is 0 Å². The second-order valence-corrected chi connectivity index (χ2v) is 9.35. The zero-order valence-corrected chi connectivity index (χ0v) is 18.0. The Hall–Kier alpha value is -2.05. The summed E-state index contributed by atoms with van der Waals surface area (Å²) >= 11 is 6.07. The summed E-state index contributed by atoms with van der Waals surface area (Å²) in [5, 5.41) is 0.625. The van der Waals surface area contributed by atoms with Crippen molar-refractivity contribution in [3.8, 4) is 11.4 Å². The van der Waals surface area contributed by atoms with Gasteiger partial charge in [0, 0.05) is 23.0 Å². The Kier molecular flexibility index (Phi) is 5.47. The number of benzene rings is 2. The lowest BCUT2D eigenvalue weighted by Gasteiger charge is -2.41. The SMILES string of the molecule is FC(F)(F)c1ccc2c(c1)nc(-c1ccc(Cl)cc1)n2CC1CCC[NH+]2CCCCC12. The van der Waals surface area contributed by atoms with Gasteiger partial charge in [0.1, 0.15) is 5.82 Å². The maximum Gasteiger partial charge on any atom is 0.416 e. The Bertz CT molecular complexity index is 1070. The molecule has 0 spiro atoms. The second-order valence-electron chi connectivity index (χ2n) is 8.92. The van der Waals surface area contributed by atoms with Crippen molar-refractivity contribution in [1.29, 1.82) is 0 Å².